The maximum absolute atomic E-state index is 12.6. The average Bonchev–Trinajstić information content (AvgIpc) is 3.19. The number of anilines is 1. The van der Waals surface area contributed by atoms with Gasteiger partial charge < -0.3 is 14.5 Å². The summed E-state index contributed by atoms with van der Waals surface area (Å²) >= 11 is 11.6. The lowest BCUT2D eigenvalue weighted by Gasteiger charge is -2.13. The Morgan fingerprint density at radius 1 is 1.09 bits per heavy atom. The average molecular weight is 466 g/mol. The summed E-state index contributed by atoms with van der Waals surface area (Å²) in [5.74, 6) is 0.714. The van der Waals surface area contributed by atoms with Crippen molar-refractivity contribution >= 4 is 51.6 Å². The molecule has 1 amide bonds. The Kier molecular flexibility index (Phi) is 6.39. The number of aromatic nitrogens is 1. The van der Waals surface area contributed by atoms with Crippen molar-refractivity contribution in [1.29, 1.82) is 0 Å². The fourth-order valence-electron chi connectivity index (χ4n) is 3.06. The number of fused-ring (bicyclic) bond motifs is 1. The fraction of sp³-hybridized carbons (Fsp3) is 0.125. The third-order valence-corrected chi connectivity index (χ3v) is 4.98. The summed E-state index contributed by atoms with van der Waals surface area (Å²) in [4.78, 5) is 17.1. The van der Waals surface area contributed by atoms with Crippen molar-refractivity contribution in [2.45, 2.75) is 20.0 Å². The zero-order valence-corrected chi connectivity index (χ0v) is 19.0. The highest BCUT2D eigenvalue weighted by Crippen LogP contribution is 2.30. The lowest BCUT2D eigenvalue weighted by atomic mass is 10.2. The number of rotatable bonds is 5. The molecular weight excluding hydrogens is 446 g/mol. The molecular formula is C24H20ClN3O3S. The fourth-order valence-corrected chi connectivity index (χ4v) is 3.43. The van der Waals surface area contributed by atoms with E-state index in [4.69, 9.17) is 33.0 Å². The van der Waals surface area contributed by atoms with Crippen LogP contribution < -0.4 is 15.4 Å². The molecule has 0 bridgehead atoms. The van der Waals surface area contributed by atoms with E-state index >= 15 is 0 Å². The highest BCUT2D eigenvalue weighted by atomic mass is 35.5. The molecule has 0 saturated heterocycles. The van der Waals surface area contributed by atoms with Crippen molar-refractivity contribution in [3.63, 3.8) is 0 Å². The van der Waals surface area contributed by atoms with Crippen molar-refractivity contribution < 1.29 is 13.9 Å². The molecule has 3 aromatic carbocycles. The van der Waals surface area contributed by atoms with Crippen LogP contribution in [0.3, 0.4) is 0 Å². The number of hydrogen-bond donors (Lipinski definition) is 2. The standard InChI is InChI=1S/C24H20ClN3O3S/c1-14(2)30-17-7-5-6-15(12-17)22(29)28-24(32)27-20-13-16(10-11-18(20)25)23-26-19-8-3-4-9-21(19)31-23/h3-14H,1-2H3,(H2,27,28,29,32). The highest BCUT2D eigenvalue weighted by molar-refractivity contribution is 7.80. The molecule has 0 fully saturated rings. The number of benzene rings is 3. The number of thiocarbonyl (C=S) groups is 1. The molecule has 0 aliphatic rings. The molecule has 0 unspecified atom stereocenters. The number of halogens is 1. The predicted octanol–water partition coefficient (Wildman–Crippen LogP) is 6.06. The summed E-state index contributed by atoms with van der Waals surface area (Å²) in [6.07, 6.45) is 0.00622. The topological polar surface area (TPSA) is 76.4 Å². The van der Waals surface area contributed by atoms with E-state index in [0.717, 1.165) is 11.1 Å². The van der Waals surface area contributed by atoms with Crippen molar-refractivity contribution in [2.75, 3.05) is 5.32 Å². The number of carbonyl (C=O) groups excluding carboxylic acids is 1. The van der Waals surface area contributed by atoms with Gasteiger partial charge in [0.2, 0.25) is 5.89 Å². The van der Waals surface area contributed by atoms with Gasteiger partial charge in [-0.3, -0.25) is 10.1 Å². The Bertz CT molecular complexity index is 1270. The smallest absolute Gasteiger partial charge is 0.257 e. The quantitative estimate of drug-likeness (QED) is 0.349. The lowest BCUT2D eigenvalue weighted by molar-refractivity contribution is 0.0977. The molecule has 1 aromatic heterocycles. The number of oxazole rings is 1. The molecule has 8 heteroatoms. The minimum Gasteiger partial charge on any atom is -0.491 e. The third-order valence-electron chi connectivity index (χ3n) is 4.45. The molecule has 6 nitrogen and oxygen atoms in total. The second-order valence-electron chi connectivity index (χ2n) is 7.28. The van der Waals surface area contributed by atoms with Crippen LogP contribution in [0.15, 0.2) is 71.1 Å². The summed E-state index contributed by atoms with van der Waals surface area (Å²) in [5.41, 5.74) is 3.13. The number of nitrogens with zero attached hydrogens (tertiary/aromatic N) is 1. The van der Waals surface area contributed by atoms with Crippen molar-refractivity contribution in [3.8, 4) is 17.2 Å². The molecule has 0 atom stereocenters. The molecule has 2 N–H and O–H groups in total. The minimum atomic E-state index is -0.358. The first-order valence-corrected chi connectivity index (χ1v) is 10.7. The first-order chi connectivity index (χ1) is 15.4. The Hall–Kier alpha value is -3.42. The SMILES string of the molecule is CC(C)Oc1cccc(C(=O)NC(=S)Nc2cc(-c3nc4ccccc4o3)ccc2Cl)c1. The van der Waals surface area contributed by atoms with E-state index in [0.29, 0.717) is 33.5 Å². The first kappa shape index (κ1) is 21.8. The molecule has 0 radical (unpaired) electrons. The van der Waals surface area contributed by atoms with Crippen molar-refractivity contribution in [2.24, 2.45) is 0 Å². The molecule has 4 rings (SSSR count). The van der Waals surface area contributed by atoms with Gasteiger partial charge >= 0.3 is 0 Å². The number of para-hydroxylation sites is 2. The van der Waals surface area contributed by atoms with Gasteiger partial charge in [0.15, 0.2) is 10.7 Å². The molecule has 0 aliphatic carbocycles. The molecule has 0 spiro atoms. The van der Waals surface area contributed by atoms with E-state index in [1.807, 2.05) is 38.1 Å². The van der Waals surface area contributed by atoms with Crippen LogP contribution >= 0.6 is 23.8 Å². The van der Waals surface area contributed by atoms with Crippen LogP contribution in [0.4, 0.5) is 5.69 Å². The maximum Gasteiger partial charge on any atom is 0.257 e. The van der Waals surface area contributed by atoms with E-state index in [1.54, 1.807) is 42.5 Å². The zero-order chi connectivity index (χ0) is 22.7. The lowest BCUT2D eigenvalue weighted by Crippen LogP contribution is -2.34. The van der Waals surface area contributed by atoms with Crippen LogP contribution in [0.5, 0.6) is 5.75 Å². The largest absolute Gasteiger partial charge is 0.491 e. The second-order valence-corrected chi connectivity index (χ2v) is 8.10. The second kappa shape index (κ2) is 9.38. The van der Waals surface area contributed by atoms with E-state index in [2.05, 4.69) is 15.6 Å². The minimum absolute atomic E-state index is 0.00622. The Labute approximate surface area is 195 Å². The van der Waals surface area contributed by atoms with Gasteiger partial charge in [0, 0.05) is 11.1 Å². The van der Waals surface area contributed by atoms with Crippen LogP contribution in [0, 0.1) is 0 Å². The number of nitrogens with one attached hydrogen (secondary N) is 2. The van der Waals surface area contributed by atoms with Crippen LogP contribution in [0.25, 0.3) is 22.6 Å². The van der Waals surface area contributed by atoms with Gasteiger partial charge in [0.05, 0.1) is 16.8 Å². The molecule has 1 heterocycles. The highest BCUT2D eigenvalue weighted by Gasteiger charge is 2.13. The van der Waals surface area contributed by atoms with Crippen LogP contribution in [-0.2, 0) is 0 Å². The first-order valence-electron chi connectivity index (χ1n) is 9.93. The predicted molar refractivity (Wildman–Crippen MR) is 130 cm³/mol. The molecule has 0 aliphatic heterocycles. The number of amides is 1. The molecule has 0 saturated carbocycles. The van der Waals surface area contributed by atoms with Gasteiger partial charge in [-0.25, -0.2) is 4.98 Å². The van der Waals surface area contributed by atoms with Gasteiger partial charge in [0.1, 0.15) is 11.3 Å². The monoisotopic (exact) mass is 465 g/mol. The molecule has 32 heavy (non-hydrogen) atoms. The number of carbonyl (C=O) groups is 1. The summed E-state index contributed by atoms with van der Waals surface area (Å²) in [6, 6.07) is 19.7. The number of ether oxygens (including phenoxy) is 1. The Morgan fingerprint density at radius 2 is 1.91 bits per heavy atom. The third kappa shape index (κ3) is 5.07. The van der Waals surface area contributed by atoms with E-state index in [1.165, 1.54) is 0 Å². The summed E-state index contributed by atoms with van der Waals surface area (Å²) in [6.45, 7) is 3.84. The van der Waals surface area contributed by atoms with Gasteiger partial charge in [-0.2, -0.15) is 0 Å². The number of hydrogen-bond acceptors (Lipinski definition) is 5. The summed E-state index contributed by atoms with van der Waals surface area (Å²) in [5, 5.41) is 6.18. The molecule has 162 valence electrons. The van der Waals surface area contributed by atoms with E-state index in [-0.39, 0.29) is 17.1 Å². The van der Waals surface area contributed by atoms with Gasteiger partial charge in [0.25, 0.3) is 5.91 Å². The van der Waals surface area contributed by atoms with Gasteiger partial charge in [-0.05, 0) is 74.6 Å². The van der Waals surface area contributed by atoms with Crippen LogP contribution in [0.2, 0.25) is 5.02 Å². The summed E-state index contributed by atoms with van der Waals surface area (Å²) < 4.78 is 11.5. The zero-order valence-electron chi connectivity index (χ0n) is 17.4. The van der Waals surface area contributed by atoms with E-state index in [9.17, 15) is 4.79 Å². The van der Waals surface area contributed by atoms with Gasteiger partial charge in [-0.15, -0.1) is 0 Å². The maximum atomic E-state index is 12.6. The van der Waals surface area contributed by atoms with E-state index < -0.39 is 0 Å². The molecule has 4 aromatic rings. The van der Waals surface area contributed by atoms with Gasteiger partial charge in [-0.1, -0.05) is 29.8 Å². The Morgan fingerprint density at radius 3 is 2.69 bits per heavy atom. The summed E-state index contributed by atoms with van der Waals surface area (Å²) in [7, 11) is 0. The van der Waals surface area contributed by atoms with Crippen molar-refractivity contribution in [1.82, 2.24) is 10.3 Å². The van der Waals surface area contributed by atoms with Crippen molar-refractivity contribution in [3.05, 3.63) is 77.3 Å². The van der Waals surface area contributed by atoms with Crippen LogP contribution in [0.1, 0.15) is 24.2 Å². The Balaban J connectivity index is 1.48. The van der Waals surface area contributed by atoms with Crippen LogP contribution in [-0.4, -0.2) is 22.1 Å². The normalized spacial score (nSPS) is 10.9.